The molecule has 0 aromatic rings. The van der Waals surface area contributed by atoms with Gasteiger partial charge in [-0.05, 0) is 117 Å². The van der Waals surface area contributed by atoms with Crippen molar-refractivity contribution in [3.8, 4) is 0 Å². The van der Waals surface area contributed by atoms with Crippen LogP contribution < -0.4 is 0 Å². The van der Waals surface area contributed by atoms with Gasteiger partial charge in [-0.2, -0.15) is 0 Å². The summed E-state index contributed by atoms with van der Waals surface area (Å²) in [5.41, 5.74) is 0.615. The highest BCUT2D eigenvalue weighted by molar-refractivity contribution is 5.06. The Morgan fingerprint density at radius 3 is 1.79 bits per heavy atom. The van der Waals surface area contributed by atoms with Crippen LogP contribution in [0.5, 0.6) is 0 Å². The molecule has 3 saturated carbocycles. The second-order valence-electron chi connectivity index (χ2n) is 11.3. The van der Waals surface area contributed by atoms with Gasteiger partial charge in [0, 0.05) is 24.2 Å². The predicted octanol–water partition coefficient (Wildman–Crippen LogP) is 4.75. The Bertz CT molecular complexity index is 444. The molecule has 3 fully saturated rings. The molecule has 2 nitrogen and oxygen atoms in total. The van der Waals surface area contributed by atoms with E-state index >= 15 is 0 Å². The van der Waals surface area contributed by atoms with Gasteiger partial charge in [-0.3, -0.25) is 0 Å². The summed E-state index contributed by atoms with van der Waals surface area (Å²) < 4.78 is 0. The van der Waals surface area contributed by atoms with Crippen LogP contribution in [0.1, 0.15) is 67.2 Å². The Kier molecular flexibility index (Phi) is 4.88. The van der Waals surface area contributed by atoms with Crippen LogP contribution in [0.4, 0.5) is 0 Å². The van der Waals surface area contributed by atoms with E-state index in [1.807, 2.05) is 0 Å². The lowest BCUT2D eigenvalue weighted by atomic mass is 9.72. The highest BCUT2D eigenvalue weighted by Gasteiger charge is 2.57. The molecule has 3 aliphatic carbocycles. The van der Waals surface area contributed by atoms with Crippen LogP contribution in [-0.2, 0) is 0 Å². The lowest BCUT2D eigenvalue weighted by Gasteiger charge is -2.41. The third kappa shape index (κ3) is 3.43. The van der Waals surface area contributed by atoms with Gasteiger partial charge in [-0.25, -0.2) is 0 Å². The zero-order chi connectivity index (χ0) is 17.9. The lowest BCUT2D eigenvalue weighted by Crippen LogP contribution is -2.45. The van der Waals surface area contributed by atoms with E-state index in [-0.39, 0.29) is 0 Å². The molecular weight excluding hydrogens is 292 g/mol. The molecule has 0 heterocycles. The van der Waals surface area contributed by atoms with Crippen molar-refractivity contribution >= 4 is 0 Å². The first kappa shape index (κ1) is 18.7. The summed E-state index contributed by atoms with van der Waals surface area (Å²) in [6.07, 6.45) is 6.09. The Balaban J connectivity index is 1.66. The Labute approximate surface area is 151 Å². The molecule has 0 amide bonds. The fourth-order valence-electron chi connectivity index (χ4n) is 6.06. The average Bonchev–Trinajstić information content (AvgIpc) is 3.08. The van der Waals surface area contributed by atoms with Crippen LogP contribution in [-0.4, -0.2) is 48.1 Å². The molecule has 2 heteroatoms. The molecule has 0 aliphatic heterocycles. The third-order valence-electron chi connectivity index (χ3n) is 8.10. The maximum Gasteiger partial charge on any atom is 0.0122 e. The van der Waals surface area contributed by atoms with Gasteiger partial charge in [0.15, 0.2) is 0 Å². The molecular formula is C22H42N2. The normalized spacial score (nSPS) is 39.2. The van der Waals surface area contributed by atoms with Crippen molar-refractivity contribution in [2.24, 2.45) is 35.5 Å². The second-order valence-corrected chi connectivity index (χ2v) is 11.3. The summed E-state index contributed by atoms with van der Waals surface area (Å²) in [6.45, 7) is 16.8. The Morgan fingerprint density at radius 2 is 1.25 bits per heavy atom. The van der Waals surface area contributed by atoms with Gasteiger partial charge in [0.2, 0.25) is 0 Å². The fourth-order valence-corrected chi connectivity index (χ4v) is 6.06. The van der Waals surface area contributed by atoms with Gasteiger partial charge >= 0.3 is 0 Å². The van der Waals surface area contributed by atoms with Gasteiger partial charge in [-0.1, -0.05) is 0 Å². The Morgan fingerprint density at radius 1 is 0.708 bits per heavy atom. The van der Waals surface area contributed by atoms with Crippen molar-refractivity contribution < 1.29 is 0 Å². The van der Waals surface area contributed by atoms with Crippen LogP contribution in [0.2, 0.25) is 0 Å². The molecule has 140 valence electrons. The van der Waals surface area contributed by atoms with Crippen molar-refractivity contribution in [3.63, 3.8) is 0 Å². The fraction of sp³-hybridized carbons (Fsp3) is 1.00. The molecule has 0 spiro atoms. The maximum atomic E-state index is 2.61. The standard InChI is InChI=1S/C22H42N2/c1-21(2,3)23(7)13-15-9-10-18-16-11-17(19(12-16)20(15)18)14-24(8)22(4,5)6/h15-20H,9-14H2,1-8H3. The van der Waals surface area contributed by atoms with E-state index < -0.39 is 0 Å². The Hall–Kier alpha value is -0.0800. The van der Waals surface area contributed by atoms with Crippen molar-refractivity contribution in [2.45, 2.75) is 78.3 Å². The zero-order valence-electron chi connectivity index (χ0n) is 17.6. The molecule has 3 rings (SSSR count). The summed E-state index contributed by atoms with van der Waals surface area (Å²) >= 11 is 0. The summed E-state index contributed by atoms with van der Waals surface area (Å²) in [6, 6.07) is 0. The number of rotatable bonds is 4. The summed E-state index contributed by atoms with van der Waals surface area (Å²) in [7, 11) is 4.67. The van der Waals surface area contributed by atoms with Gasteiger partial charge in [0.25, 0.3) is 0 Å². The van der Waals surface area contributed by atoms with E-state index in [4.69, 9.17) is 0 Å². The van der Waals surface area contributed by atoms with Gasteiger partial charge in [-0.15, -0.1) is 0 Å². The van der Waals surface area contributed by atoms with E-state index in [1.54, 1.807) is 6.42 Å². The van der Waals surface area contributed by atoms with Crippen molar-refractivity contribution in [3.05, 3.63) is 0 Å². The third-order valence-corrected chi connectivity index (χ3v) is 8.10. The number of hydrogen-bond acceptors (Lipinski definition) is 2. The van der Waals surface area contributed by atoms with Crippen LogP contribution >= 0.6 is 0 Å². The van der Waals surface area contributed by atoms with Crippen LogP contribution in [0.15, 0.2) is 0 Å². The topological polar surface area (TPSA) is 6.48 Å². The number of nitrogens with zero attached hydrogens (tertiary/aromatic N) is 2. The largest absolute Gasteiger partial charge is 0.301 e. The molecule has 3 aliphatic rings. The number of hydrogen-bond donors (Lipinski definition) is 0. The van der Waals surface area contributed by atoms with E-state index in [0.29, 0.717) is 11.1 Å². The second kappa shape index (κ2) is 6.27. The van der Waals surface area contributed by atoms with Gasteiger partial charge in [0.1, 0.15) is 0 Å². The summed E-state index contributed by atoms with van der Waals surface area (Å²) in [5, 5.41) is 0. The van der Waals surface area contributed by atoms with Gasteiger partial charge in [0.05, 0.1) is 0 Å². The molecule has 0 saturated heterocycles. The molecule has 0 radical (unpaired) electrons. The zero-order valence-corrected chi connectivity index (χ0v) is 17.6. The highest BCUT2D eigenvalue weighted by atomic mass is 15.2. The number of fused-ring (bicyclic) bond motifs is 5. The molecule has 24 heavy (non-hydrogen) atoms. The highest BCUT2D eigenvalue weighted by Crippen LogP contribution is 2.63. The molecule has 0 aromatic heterocycles. The van der Waals surface area contributed by atoms with E-state index in [0.717, 1.165) is 35.5 Å². The SMILES string of the molecule is CN(CC1CC2CC1C1C(CN(C)C(C)(C)C)CCC21)C(C)(C)C. The molecule has 2 bridgehead atoms. The molecule has 6 atom stereocenters. The predicted molar refractivity (Wildman–Crippen MR) is 104 cm³/mol. The lowest BCUT2D eigenvalue weighted by molar-refractivity contribution is 0.0669. The minimum Gasteiger partial charge on any atom is -0.301 e. The van der Waals surface area contributed by atoms with E-state index in [1.165, 1.54) is 32.4 Å². The summed E-state index contributed by atoms with van der Waals surface area (Å²) in [5.74, 6) is 6.10. The monoisotopic (exact) mass is 334 g/mol. The smallest absolute Gasteiger partial charge is 0.0122 e. The van der Waals surface area contributed by atoms with Gasteiger partial charge < -0.3 is 9.80 Å². The average molecular weight is 335 g/mol. The first-order chi connectivity index (χ1) is 11.0. The van der Waals surface area contributed by atoms with Crippen molar-refractivity contribution in [1.29, 1.82) is 0 Å². The first-order valence-corrected chi connectivity index (χ1v) is 10.4. The van der Waals surface area contributed by atoms with E-state index in [9.17, 15) is 0 Å². The van der Waals surface area contributed by atoms with Crippen LogP contribution in [0.3, 0.4) is 0 Å². The molecule has 0 N–H and O–H groups in total. The van der Waals surface area contributed by atoms with Crippen LogP contribution in [0, 0.1) is 35.5 Å². The first-order valence-electron chi connectivity index (χ1n) is 10.4. The van der Waals surface area contributed by atoms with Crippen molar-refractivity contribution in [2.75, 3.05) is 27.2 Å². The summed E-state index contributed by atoms with van der Waals surface area (Å²) in [4.78, 5) is 5.22. The van der Waals surface area contributed by atoms with Crippen LogP contribution in [0.25, 0.3) is 0 Å². The minimum atomic E-state index is 0.307. The molecule has 6 unspecified atom stereocenters. The van der Waals surface area contributed by atoms with E-state index in [2.05, 4.69) is 65.4 Å². The van der Waals surface area contributed by atoms with Crippen molar-refractivity contribution in [1.82, 2.24) is 9.80 Å². The maximum absolute atomic E-state index is 2.61. The quantitative estimate of drug-likeness (QED) is 0.732. The molecule has 0 aromatic carbocycles. The minimum absolute atomic E-state index is 0.307.